The molecule has 0 saturated carbocycles. The molecular weight excluding hydrogens is 240 g/mol. The van der Waals surface area contributed by atoms with Crippen molar-refractivity contribution >= 4 is 11.6 Å². The number of rotatable bonds is 4. The van der Waals surface area contributed by atoms with E-state index in [0.29, 0.717) is 13.0 Å². The van der Waals surface area contributed by atoms with Gasteiger partial charge in [-0.25, -0.2) is 0 Å². The van der Waals surface area contributed by atoms with Gasteiger partial charge in [0.05, 0.1) is 6.20 Å². The van der Waals surface area contributed by atoms with Crippen LogP contribution in [-0.2, 0) is 11.3 Å². The minimum Gasteiger partial charge on any atom is -0.399 e. The average molecular weight is 258 g/mol. The molecule has 1 aromatic heterocycles. The highest BCUT2D eigenvalue weighted by molar-refractivity contribution is 5.75. The lowest BCUT2D eigenvalue weighted by Gasteiger charge is -2.09. The summed E-state index contributed by atoms with van der Waals surface area (Å²) in [5, 5.41) is 4.26. The fourth-order valence-corrected chi connectivity index (χ4v) is 1.79. The quantitative estimate of drug-likeness (QED) is 0.847. The second-order valence-electron chi connectivity index (χ2n) is 4.66. The van der Waals surface area contributed by atoms with Crippen molar-refractivity contribution in [3.8, 4) is 11.1 Å². The number of nitrogens with two attached hydrogens (primary N) is 1. The van der Waals surface area contributed by atoms with Gasteiger partial charge in [-0.3, -0.25) is 9.48 Å². The molecule has 5 heteroatoms. The molecule has 19 heavy (non-hydrogen) atoms. The summed E-state index contributed by atoms with van der Waals surface area (Å²) in [7, 11) is 3.51. The smallest absolute Gasteiger partial charge is 0.223 e. The molecule has 0 saturated heterocycles. The maximum absolute atomic E-state index is 11.5. The van der Waals surface area contributed by atoms with E-state index in [1.807, 2.05) is 30.5 Å². The van der Waals surface area contributed by atoms with E-state index in [9.17, 15) is 4.79 Å². The number of amides is 1. The molecule has 2 rings (SSSR count). The van der Waals surface area contributed by atoms with E-state index in [-0.39, 0.29) is 5.91 Å². The highest BCUT2D eigenvalue weighted by Gasteiger charge is 2.06. The van der Waals surface area contributed by atoms with E-state index in [1.165, 1.54) is 0 Å². The molecule has 1 amide bonds. The van der Waals surface area contributed by atoms with Gasteiger partial charge in [-0.1, -0.05) is 12.1 Å². The number of anilines is 1. The maximum Gasteiger partial charge on any atom is 0.223 e. The molecule has 1 heterocycles. The van der Waals surface area contributed by atoms with Crippen molar-refractivity contribution in [3.05, 3.63) is 36.7 Å². The second kappa shape index (κ2) is 5.56. The van der Waals surface area contributed by atoms with E-state index in [4.69, 9.17) is 5.73 Å². The number of carbonyl (C=O) groups excluding carboxylic acids is 1. The van der Waals surface area contributed by atoms with Gasteiger partial charge in [0.2, 0.25) is 5.91 Å². The molecule has 5 nitrogen and oxygen atoms in total. The summed E-state index contributed by atoms with van der Waals surface area (Å²) in [6.07, 6.45) is 4.16. The van der Waals surface area contributed by atoms with E-state index in [0.717, 1.165) is 16.8 Å². The summed E-state index contributed by atoms with van der Waals surface area (Å²) in [5.74, 6) is 0.0982. The van der Waals surface area contributed by atoms with Crippen LogP contribution in [0.4, 0.5) is 5.69 Å². The molecule has 0 radical (unpaired) electrons. The number of hydrogen-bond donors (Lipinski definition) is 1. The Morgan fingerprint density at radius 1 is 1.37 bits per heavy atom. The first kappa shape index (κ1) is 13.1. The zero-order valence-electron chi connectivity index (χ0n) is 11.2. The van der Waals surface area contributed by atoms with Crippen LogP contribution in [0.1, 0.15) is 6.42 Å². The van der Waals surface area contributed by atoms with Gasteiger partial charge in [-0.15, -0.1) is 0 Å². The van der Waals surface area contributed by atoms with Crippen LogP contribution in [0.3, 0.4) is 0 Å². The van der Waals surface area contributed by atoms with Gasteiger partial charge in [0.25, 0.3) is 0 Å². The molecule has 0 unspecified atom stereocenters. The fourth-order valence-electron chi connectivity index (χ4n) is 1.79. The van der Waals surface area contributed by atoms with Crippen LogP contribution >= 0.6 is 0 Å². The molecule has 0 spiro atoms. The van der Waals surface area contributed by atoms with Gasteiger partial charge in [-0.2, -0.15) is 5.10 Å². The minimum absolute atomic E-state index is 0.0982. The number of aryl methyl sites for hydroxylation is 1. The SMILES string of the molecule is CN(C)C(=O)CCn1cc(-c2cccc(N)c2)cn1. The Hall–Kier alpha value is -2.30. The van der Waals surface area contributed by atoms with Gasteiger partial charge in [0, 0.05) is 44.5 Å². The number of hydrogen-bond acceptors (Lipinski definition) is 3. The molecule has 1 aromatic carbocycles. The molecule has 2 N–H and O–H groups in total. The van der Waals surface area contributed by atoms with E-state index in [1.54, 1.807) is 29.9 Å². The lowest BCUT2D eigenvalue weighted by atomic mass is 10.1. The van der Waals surface area contributed by atoms with Crippen LogP contribution < -0.4 is 5.73 Å². The summed E-state index contributed by atoms with van der Waals surface area (Å²) < 4.78 is 1.78. The summed E-state index contributed by atoms with van der Waals surface area (Å²) >= 11 is 0. The monoisotopic (exact) mass is 258 g/mol. The van der Waals surface area contributed by atoms with Crippen LogP contribution in [0, 0.1) is 0 Å². The first-order chi connectivity index (χ1) is 9.06. The first-order valence-electron chi connectivity index (χ1n) is 6.15. The van der Waals surface area contributed by atoms with Crippen LogP contribution in [0.5, 0.6) is 0 Å². The number of benzene rings is 1. The molecule has 0 bridgehead atoms. The third kappa shape index (κ3) is 3.34. The number of nitrogen functional groups attached to an aromatic ring is 1. The molecule has 0 aliphatic carbocycles. The normalized spacial score (nSPS) is 10.4. The van der Waals surface area contributed by atoms with E-state index >= 15 is 0 Å². The van der Waals surface area contributed by atoms with Gasteiger partial charge in [0.15, 0.2) is 0 Å². The fraction of sp³-hybridized carbons (Fsp3) is 0.286. The van der Waals surface area contributed by atoms with Crippen molar-refractivity contribution in [2.45, 2.75) is 13.0 Å². The van der Waals surface area contributed by atoms with Gasteiger partial charge in [-0.05, 0) is 17.7 Å². The Kier molecular flexibility index (Phi) is 3.85. The molecule has 2 aromatic rings. The Balaban J connectivity index is 2.05. The van der Waals surface area contributed by atoms with Crippen molar-refractivity contribution in [2.24, 2.45) is 0 Å². The summed E-state index contributed by atoms with van der Waals surface area (Å²) in [5.41, 5.74) is 8.52. The van der Waals surface area contributed by atoms with Crippen molar-refractivity contribution in [1.29, 1.82) is 0 Å². The van der Waals surface area contributed by atoms with Crippen molar-refractivity contribution < 1.29 is 4.79 Å². The highest BCUT2D eigenvalue weighted by atomic mass is 16.2. The molecule has 0 atom stereocenters. The topological polar surface area (TPSA) is 64.2 Å². The lowest BCUT2D eigenvalue weighted by molar-refractivity contribution is -0.128. The van der Waals surface area contributed by atoms with Crippen LogP contribution in [0.2, 0.25) is 0 Å². The predicted octanol–water partition coefficient (Wildman–Crippen LogP) is 1.61. The second-order valence-corrected chi connectivity index (χ2v) is 4.66. The Morgan fingerprint density at radius 3 is 2.84 bits per heavy atom. The first-order valence-corrected chi connectivity index (χ1v) is 6.15. The Labute approximate surface area is 112 Å². The molecular formula is C14H18N4O. The van der Waals surface area contributed by atoms with Crippen LogP contribution in [0.25, 0.3) is 11.1 Å². The molecule has 0 aliphatic rings. The number of nitrogens with zero attached hydrogens (tertiary/aromatic N) is 3. The summed E-state index contributed by atoms with van der Waals surface area (Å²) in [6, 6.07) is 7.66. The van der Waals surface area contributed by atoms with Crippen LogP contribution in [0.15, 0.2) is 36.7 Å². The Bertz CT molecular complexity index is 574. The maximum atomic E-state index is 11.5. The summed E-state index contributed by atoms with van der Waals surface area (Å²) in [4.78, 5) is 13.1. The van der Waals surface area contributed by atoms with Crippen molar-refractivity contribution in [3.63, 3.8) is 0 Å². The molecule has 100 valence electrons. The van der Waals surface area contributed by atoms with Gasteiger partial charge in [0.1, 0.15) is 0 Å². The van der Waals surface area contributed by atoms with Crippen LogP contribution in [-0.4, -0.2) is 34.7 Å². The summed E-state index contributed by atoms with van der Waals surface area (Å²) in [6.45, 7) is 0.583. The van der Waals surface area contributed by atoms with Gasteiger partial charge >= 0.3 is 0 Å². The zero-order chi connectivity index (χ0) is 13.8. The van der Waals surface area contributed by atoms with Crippen molar-refractivity contribution in [2.75, 3.05) is 19.8 Å². The lowest BCUT2D eigenvalue weighted by Crippen LogP contribution is -2.22. The standard InChI is InChI=1S/C14H18N4O/c1-17(2)14(19)6-7-18-10-12(9-16-18)11-4-3-5-13(15)8-11/h3-5,8-10H,6-7,15H2,1-2H3. The van der Waals surface area contributed by atoms with E-state index < -0.39 is 0 Å². The third-order valence-corrected chi connectivity index (χ3v) is 2.91. The number of carbonyl (C=O) groups is 1. The van der Waals surface area contributed by atoms with E-state index in [2.05, 4.69) is 5.10 Å². The van der Waals surface area contributed by atoms with Gasteiger partial charge < -0.3 is 10.6 Å². The Morgan fingerprint density at radius 2 is 2.16 bits per heavy atom. The molecule has 0 aliphatic heterocycles. The minimum atomic E-state index is 0.0982. The zero-order valence-corrected chi connectivity index (χ0v) is 11.2. The third-order valence-electron chi connectivity index (χ3n) is 2.91. The number of aromatic nitrogens is 2. The molecule has 0 fully saturated rings. The van der Waals surface area contributed by atoms with Crippen molar-refractivity contribution in [1.82, 2.24) is 14.7 Å². The highest BCUT2D eigenvalue weighted by Crippen LogP contribution is 2.20. The average Bonchev–Trinajstić information content (AvgIpc) is 2.84. The largest absolute Gasteiger partial charge is 0.399 e. The predicted molar refractivity (Wildman–Crippen MR) is 75.4 cm³/mol.